The molecule has 1 amide bonds. The first-order chi connectivity index (χ1) is 12.5. The zero-order valence-corrected chi connectivity index (χ0v) is 15.1. The highest BCUT2D eigenvalue weighted by Crippen LogP contribution is 2.20. The molecule has 0 aliphatic rings. The summed E-state index contributed by atoms with van der Waals surface area (Å²) >= 11 is 0. The molecule has 0 fully saturated rings. The van der Waals surface area contributed by atoms with E-state index in [1.54, 1.807) is 30.2 Å². The highest BCUT2D eigenvalue weighted by Gasteiger charge is 2.19. The molecule has 6 nitrogen and oxygen atoms in total. The molecule has 0 bridgehead atoms. The van der Waals surface area contributed by atoms with Gasteiger partial charge in [0, 0.05) is 25.0 Å². The molecule has 6 heteroatoms. The van der Waals surface area contributed by atoms with E-state index in [0.29, 0.717) is 11.4 Å². The van der Waals surface area contributed by atoms with Crippen molar-refractivity contribution in [2.45, 2.75) is 19.9 Å². The van der Waals surface area contributed by atoms with Gasteiger partial charge in [0.2, 0.25) is 0 Å². The van der Waals surface area contributed by atoms with Gasteiger partial charge in [-0.05, 0) is 37.6 Å². The van der Waals surface area contributed by atoms with Gasteiger partial charge in [0.1, 0.15) is 5.69 Å². The van der Waals surface area contributed by atoms with Crippen LogP contribution in [0, 0.1) is 13.8 Å². The fraction of sp³-hybridized carbons (Fsp3) is 0.250. The predicted octanol–water partition coefficient (Wildman–Crippen LogP) is 2.56. The van der Waals surface area contributed by atoms with Crippen LogP contribution >= 0.6 is 0 Å². The van der Waals surface area contributed by atoms with Crippen molar-refractivity contribution >= 4 is 5.91 Å². The Morgan fingerprint density at radius 1 is 1.15 bits per heavy atom. The molecule has 0 saturated heterocycles. The van der Waals surface area contributed by atoms with E-state index < -0.39 is 6.04 Å². The molecule has 0 aliphatic heterocycles. The van der Waals surface area contributed by atoms with Gasteiger partial charge in [-0.2, -0.15) is 5.10 Å². The number of amides is 1. The fourth-order valence-corrected chi connectivity index (χ4v) is 3.02. The summed E-state index contributed by atoms with van der Waals surface area (Å²) < 4.78 is 1.54. The average molecular weight is 350 g/mol. The molecule has 134 valence electrons. The summed E-state index contributed by atoms with van der Waals surface area (Å²) in [5, 5.41) is 17.1. The van der Waals surface area contributed by atoms with Crippen LogP contribution in [0.5, 0.6) is 0 Å². The SMILES string of the molecule is Cc1cc(C)cc(C(CO)NC(=O)c2cc(-c3ccncc3)nn2C)c1. The Balaban J connectivity index is 1.84. The first-order valence-corrected chi connectivity index (χ1v) is 8.42. The highest BCUT2D eigenvalue weighted by atomic mass is 16.3. The zero-order chi connectivity index (χ0) is 18.7. The number of carbonyl (C=O) groups is 1. The molecular formula is C20H22N4O2. The number of aryl methyl sites for hydroxylation is 3. The zero-order valence-electron chi connectivity index (χ0n) is 15.1. The maximum Gasteiger partial charge on any atom is 0.270 e. The van der Waals surface area contributed by atoms with Crippen molar-refractivity contribution in [3.05, 3.63) is 71.2 Å². The molecule has 1 unspecified atom stereocenters. The van der Waals surface area contributed by atoms with E-state index in [1.807, 2.05) is 38.1 Å². The fourth-order valence-electron chi connectivity index (χ4n) is 3.02. The van der Waals surface area contributed by atoms with Gasteiger partial charge in [0.25, 0.3) is 5.91 Å². The monoisotopic (exact) mass is 350 g/mol. The summed E-state index contributed by atoms with van der Waals surface area (Å²) in [6, 6.07) is 11.0. The topological polar surface area (TPSA) is 80.0 Å². The van der Waals surface area contributed by atoms with Gasteiger partial charge in [0.15, 0.2) is 0 Å². The lowest BCUT2D eigenvalue weighted by molar-refractivity contribution is 0.0906. The molecule has 3 aromatic rings. The van der Waals surface area contributed by atoms with Crippen LogP contribution in [-0.4, -0.2) is 32.4 Å². The van der Waals surface area contributed by atoms with Crippen molar-refractivity contribution in [1.29, 1.82) is 0 Å². The third-order valence-electron chi connectivity index (χ3n) is 4.22. The van der Waals surface area contributed by atoms with E-state index in [2.05, 4.69) is 21.5 Å². The van der Waals surface area contributed by atoms with Crippen molar-refractivity contribution in [3.63, 3.8) is 0 Å². The molecule has 26 heavy (non-hydrogen) atoms. The predicted molar refractivity (Wildman–Crippen MR) is 99.6 cm³/mol. The lowest BCUT2D eigenvalue weighted by atomic mass is 10.0. The Hall–Kier alpha value is -2.99. The smallest absolute Gasteiger partial charge is 0.270 e. The number of pyridine rings is 1. The quantitative estimate of drug-likeness (QED) is 0.741. The van der Waals surface area contributed by atoms with Crippen LogP contribution in [0.25, 0.3) is 11.3 Å². The molecule has 3 rings (SSSR count). The molecule has 1 aromatic carbocycles. The van der Waals surface area contributed by atoms with Crippen molar-refractivity contribution in [2.75, 3.05) is 6.61 Å². The number of carbonyl (C=O) groups excluding carboxylic acids is 1. The second-order valence-corrected chi connectivity index (χ2v) is 6.40. The van der Waals surface area contributed by atoms with E-state index in [9.17, 15) is 9.90 Å². The Morgan fingerprint density at radius 3 is 2.42 bits per heavy atom. The third kappa shape index (κ3) is 3.81. The van der Waals surface area contributed by atoms with E-state index in [0.717, 1.165) is 22.3 Å². The van der Waals surface area contributed by atoms with Crippen LogP contribution in [0.4, 0.5) is 0 Å². The van der Waals surface area contributed by atoms with Crippen LogP contribution in [0.2, 0.25) is 0 Å². The normalized spacial score (nSPS) is 12.0. The first-order valence-electron chi connectivity index (χ1n) is 8.42. The second-order valence-electron chi connectivity index (χ2n) is 6.40. The standard InChI is InChI=1S/C20H22N4O2/c1-13-8-14(2)10-16(9-13)18(12-25)22-20(26)19-11-17(23-24(19)3)15-4-6-21-7-5-15/h4-11,18,25H,12H2,1-3H3,(H,22,26). The Kier molecular flexibility index (Phi) is 5.14. The lowest BCUT2D eigenvalue weighted by Crippen LogP contribution is -2.32. The van der Waals surface area contributed by atoms with Crippen molar-refractivity contribution in [3.8, 4) is 11.3 Å². The Morgan fingerprint density at radius 2 is 1.81 bits per heavy atom. The first kappa shape index (κ1) is 17.8. The largest absolute Gasteiger partial charge is 0.394 e. The van der Waals surface area contributed by atoms with Gasteiger partial charge in [-0.3, -0.25) is 14.5 Å². The molecule has 2 aromatic heterocycles. The molecular weight excluding hydrogens is 328 g/mol. The van der Waals surface area contributed by atoms with Gasteiger partial charge in [0.05, 0.1) is 18.3 Å². The number of nitrogens with one attached hydrogen (secondary N) is 1. The number of aromatic nitrogens is 3. The molecule has 1 atom stereocenters. The van der Waals surface area contributed by atoms with Crippen LogP contribution < -0.4 is 5.32 Å². The summed E-state index contributed by atoms with van der Waals surface area (Å²) in [5.41, 5.74) is 5.09. The lowest BCUT2D eigenvalue weighted by Gasteiger charge is -2.18. The number of aliphatic hydroxyl groups is 1. The highest BCUT2D eigenvalue weighted by molar-refractivity contribution is 5.94. The maximum atomic E-state index is 12.7. The summed E-state index contributed by atoms with van der Waals surface area (Å²) in [6.45, 7) is 3.81. The number of rotatable bonds is 5. The van der Waals surface area contributed by atoms with Gasteiger partial charge >= 0.3 is 0 Å². The van der Waals surface area contributed by atoms with Crippen molar-refractivity contribution in [1.82, 2.24) is 20.1 Å². The number of hydrogen-bond donors (Lipinski definition) is 2. The minimum absolute atomic E-state index is 0.177. The Bertz CT molecular complexity index is 899. The van der Waals surface area contributed by atoms with Crippen LogP contribution in [0.1, 0.15) is 33.2 Å². The van der Waals surface area contributed by atoms with E-state index in [4.69, 9.17) is 0 Å². The van der Waals surface area contributed by atoms with Gasteiger partial charge < -0.3 is 10.4 Å². The van der Waals surface area contributed by atoms with Crippen LogP contribution in [0.3, 0.4) is 0 Å². The Labute approximate surface area is 152 Å². The number of nitrogens with zero attached hydrogens (tertiary/aromatic N) is 3. The van der Waals surface area contributed by atoms with Crippen LogP contribution in [0.15, 0.2) is 48.8 Å². The third-order valence-corrected chi connectivity index (χ3v) is 4.22. The summed E-state index contributed by atoms with van der Waals surface area (Å²) in [5.74, 6) is -0.279. The van der Waals surface area contributed by atoms with Crippen molar-refractivity contribution in [2.24, 2.45) is 7.05 Å². The minimum Gasteiger partial charge on any atom is -0.394 e. The maximum absolute atomic E-state index is 12.7. The number of aliphatic hydroxyl groups excluding tert-OH is 1. The van der Waals surface area contributed by atoms with E-state index in [1.165, 1.54) is 0 Å². The second kappa shape index (κ2) is 7.49. The number of benzene rings is 1. The number of hydrogen-bond acceptors (Lipinski definition) is 4. The van der Waals surface area contributed by atoms with E-state index in [-0.39, 0.29) is 12.5 Å². The van der Waals surface area contributed by atoms with Crippen LogP contribution in [-0.2, 0) is 7.05 Å². The van der Waals surface area contributed by atoms with Gasteiger partial charge in [-0.25, -0.2) is 0 Å². The van der Waals surface area contributed by atoms with Gasteiger partial charge in [-0.1, -0.05) is 29.3 Å². The summed E-state index contributed by atoms with van der Waals surface area (Å²) in [6.07, 6.45) is 3.37. The van der Waals surface area contributed by atoms with E-state index >= 15 is 0 Å². The molecule has 2 N–H and O–H groups in total. The molecule has 0 spiro atoms. The summed E-state index contributed by atoms with van der Waals surface area (Å²) in [4.78, 5) is 16.7. The van der Waals surface area contributed by atoms with Crippen molar-refractivity contribution < 1.29 is 9.90 Å². The minimum atomic E-state index is -0.472. The molecule has 0 aliphatic carbocycles. The molecule has 0 radical (unpaired) electrons. The summed E-state index contributed by atoms with van der Waals surface area (Å²) in [7, 11) is 1.73. The molecule has 2 heterocycles. The molecule has 0 saturated carbocycles. The van der Waals surface area contributed by atoms with Gasteiger partial charge in [-0.15, -0.1) is 0 Å². The average Bonchev–Trinajstić information content (AvgIpc) is 3.01.